The molecule has 2 rings (SSSR count). The summed E-state index contributed by atoms with van der Waals surface area (Å²) in [7, 11) is 1.93. The summed E-state index contributed by atoms with van der Waals surface area (Å²) in [6, 6.07) is 15.4. The molecule has 2 aromatic carbocycles. The van der Waals surface area contributed by atoms with E-state index in [1.54, 1.807) is 0 Å². The van der Waals surface area contributed by atoms with E-state index in [0.29, 0.717) is 0 Å². The topological polar surface area (TPSA) is 12.0 Å². The Kier molecular flexibility index (Phi) is 1.71. The molecule has 1 nitrogen and oxygen atoms in total. The molecule has 0 unspecified atom stereocenters. The fraction of sp³-hybridized carbons (Fsp3) is 0.0909. The van der Waals surface area contributed by atoms with E-state index in [9.17, 15) is 0 Å². The lowest BCUT2D eigenvalue weighted by Gasteiger charge is -2.03. The lowest BCUT2D eigenvalue weighted by atomic mass is 10.1. The highest BCUT2D eigenvalue weighted by atomic mass is 14.8. The van der Waals surface area contributed by atoms with Crippen molar-refractivity contribution in [2.75, 3.05) is 12.4 Å². The van der Waals surface area contributed by atoms with Gasteiger partial charge in [0.15, 0.2) is 0 Å². The third kappa shape index (κ3) is 1.03. The average Bonchev–Trinajstić information content (AvgIpc) is 2.17. The zero-order chi connectivity index (χ0) is 8.39. The average molecular weight is 156 g/mol. The van der Waals surface area contributed by atoms with Gasteiger partial charge in [-0.1, -0.05) is 30.3 Å². The van der Waals surface area contributed by atoms with Crippen molar-refractivity contribution in [3.63, 3.8) is 0 Å². The van der Waals surface area contributed by atoms with Crippen molar-refractivity contribution in [1.29, 1.82) is 0 Å². The molecule has 0 aliphatic carbocycles. The van der Waals surface area contributed by atoms with E-state index in [-0.39, 0.29) is 0 Å². The van der Waals surface area contributed by atoms with Crippen LogP contribution in [0.2, 0.25) is 0 Å². The SMILES string of the molecule is CNc1cc[c]c2ccccc12. The summed E-state index contributed by atoms with van der Waals surface area (Å²) in [5, 5.41) is 5.53. The molecule has 0 saturated carbocycles. The van der Waals surface area contributed by atoms with Crippen LogP contribution in [0.3, 0.4) is 0 Å². The summed E-state index contributed by atoms with van der Waals surface area (Å²) in [6.07, 6.45) is 0. The van der Waals surface area contributed by atoms with Gasteiger partial charge in [-0.05, 0) is 17.5 Å². The van der Waals surface area contributed by atoms with Gasteiger partial charge in [0.2, 0.25) is 0 Å². The van der Waals surface area contributed by atoms with Crippen LogP contribution in [-0.2, 0) is 0 Å². The maximum atomic E-state index is 3.19. The lowest BCUT2D eigenvalue weighted by molar-refractivity contribution is 1.54. The summed E-state index contributed by atoms with van der Waals surface area (Å²) >= 11 is 0. The Morgan fingerprint density at radius 3 is 2.83 bits per heavy atom. The van der Waals surface area contributed by atoms with Gasteiger partial charge in [-0.3, -0.25) is 0 Å². The summed E-state index contributed by atoms with van der Waals surface area (Å²) < 4.78 is 0. The molecule has 0 fully saturated rings. The Morgan fingerprint density at radius 1 is 1.17 bits per heavy atom. The standard InChI is InChI=1S/C11H10N/c1-12-11-8-4-6-9-5-2-3-7-10(9)11/h2-5,7-8,12H,1H3. The Balaban J connectivity index is 2.79. The van der Waals surface area contributed by atoms with Gasteiger partial charge >= 0.3 is 0 Å². The molecule has 0 saturated heterocycles. The van der Waals surface area contributed by atoms with Gasteiger partial charge in [0.05, 0.1) is 0 Å². The Bertz CT molecular complexity index is 388. The lowest BCUT2D eigenvalue weighted by Crippen LogP contribution is -1.88. The first kappa shape index (κ1) is 7.17. The molecule has 0 heterocycles. The quantitative estimate of drug-likeness (QED) is 0.669. The van der Waals surface area contributed by atoms with Crippen LogP contribution in [0.25, 0.3) is 10.8 Å². The van der Waals surface area contributed by atoms with Gasteiger partial charge in [-0.15, -0.1) is 0 Å². The molecule has 0 bridgehead atoms. The molecule has 1 heteroatoms. The van der Waals surface area contributed by atoms with Gasteiger partial charge in [0, 0.05) is 18.1 Å². The minimum atomic E-state index is 1.16. The fourth-order valence-electron chi connectivity index (χ4n) is 1.37. The first-order valence-corrected chi connectivity index (χ1v) is 3.99. The summed E-state index contributed by atoms with van der Waals surface area (Å²) in [5.41, 5.74) is 1.16. The van der Waals surface area contributed by atoms with Crippen LogP contribution < -0.4 is 5.32 Å². The minimum absolute atomic E-state index is 1.16. The maximum Gasteiger partial charge on any atom is 0.0417 e. The molecular weight excluding hydrogens is 146 g/mol. The second-order valence-electron chi connectivity index (χ2n) is 2.69. The molecule has 0 atom stereocenters. The number of hydrogen-bond acceptors (Lipinski definition) is 1. The van der Waals surface area contributed by atoms with Crippen molar-refractivity contribution >= 4 is 16.5 Å². The van der Waals surface area contributed by atoms with Crippen molar-refractivity contribution in [2.45, 2.75) is 0 Å². The highest BCUT2D eigenvalue weighted by Gasteiger charge is 1.95. The van der Waals surface area contributed by atoms with E-state index in [1.807, 2.05) is 31.3 Å². The van der Waals surface area contributed by atoms with Crippen LogP contribution in [-0.4, -0.2) is 7.05 Å². The van der Waals surface area contributed by atoms with E-state index in [0.717, 1.165) is 11.1 Å². The molecule has 0 aliphatic rings. The molecule has 12 heavy (non-hydrogen) atoms. The largest absolute Gasteiger partial charge is 0.388 e. The first-order valence-electron chi connectivity index (χ1n) is 3.99. The van der Waals surface area contributed by atoms with Crippen LogP contribution in [0.15, 0.2) is 36.4 Å². The maximum absolute atomic E-state index is 3.19. The van der Waals surface area contributed by atoms with Crippen molar-refractivity contribution in [2.24, 2.45) is 0 Å². The number of benzene rings is 2. The second kappa shape index (κ2) is 2.86. The van der Waals surface area contributed by atoms with Gasteiger partial charge < -0.3 is 5.32 Å². The fourth-order valence-corrected chi connectivity index (χ4v) is 1.37. The Morgan fingerprint density at radius 2 is 2.00 bits per heavy atom. The smallest absolute Gasteiger partial charge is 0.0417 e. The third-order valence-corrected chi connectivity index (χ3v) is 1.98. The molecule has 0 amide bonds. The van der Waals surface area contributed by atoms with Crippen LogP contribution in [0, 0.1) is 6.07 Å². The highest BCUT2D eigenvalue weighted by Crippen LogP contribution is 2.21. The number of rotatable bonds is 1. The normalized spacial score (nSPS) is 10.1. The van der Waals surface area contributed by atoms with E-state index >= 15 is 0 Å². The zero-order valence-corrected chi connectivity index (χ0v) is 6.96. The first-order chi connectivity index (χ1) is 5.92. The number of nitrogens with one attached hydrogen (secondary N) is 1. The molecule has 0 aromatic heterocycles. The van der Waals surface area contributed by atoms with Crippen molar-refractivity contribution in [1.82, 2.24) is 0 Å². The number of anilines is 1. The van der Waals surface area contributed by atoms with Gasteiger partial charge in [-0.2, -0.15) is 0 Å². The summed E-state index contributed by atoms with van der Waals surface area (Å²) in [5.74, 6) is 0. The Labute approximate surface area is 72.0 Å². The third-order valence-electron chi connectivity index (χ3n) is 1.98. The molecule has 0 spiro atoms. The molecule has 1 N–H and O–H groups in total. The van der Waals surface area contributed by atoms with Crippen molar-refractivity contribution < 1.29 is 0 Å². The zero-order valence-electron chi connectivity index (χ0n) is 6.96. The van der Waals surface area contributed by atoms with Crippen LogP contribution in [0.4, 0.5) is 5.69 Å². The number of fused-ring (bicyclic) bond motifs is 1. The summed E-state index contributed by atoms with van der Waals surface area (Å²) in [4.78, 5) is 0. The highest BCUT2D eigenvalue weighted by molar-refractivity contribution is 5.93. The van der Waals surface area contributed by atoms with Crippen molar-refractivity contribution in [3.05, 3.63) is 42.5 Å². The predicted octanol–water partition coefficient (Wildman–Crippen LogP) is 2.68. The molecule has 2 aromatic rings. The van der Waals surface area contributed by atoms with Crippen molar-refractivity contribution in [3.8, 4) is 0 Å². The summed E-state index contributed by atoms with van der Waals surface area (Å²) in [6.45, 7) is 0. The Hall–Kier alpha value is -1.50. The molecule has 59 valence electrons. The van der Waals surface area contributed by atoms with E-state index < -0.39 is 0 Å². The second-order valence-corrected chi connectivity index (χ2v) is 2.69. The van der Waals surface area contributed by atoms with Crippen LogP contribution >= 0.6 is 0 Å². The van der Waals surface area contributed by atoms with Gasteiger partial charge in [0.1, 0.15) is 0 Å². The molecule has 1 radical (unpaired) electrons. The van der Waals surface area contributed by atoms with Crippen LogP contribution in [0.5, 0.6) is 0 Å². The predicted molar refractivity (Wildman–Crippen MR) is 52.3 cm³/mol. The van der Waals surface area contributed by atoms with E-state index in [1.165, 1.54) is 5.39 Å². The van der Waals surface area contributed by atoms with Gasteiger partial charge in [0.25, 0.3) is 0 Å². The van der Waals surface area contributed by atoms with E-state index in [2.05, 4.69) is 23.5 Å². The molecule has 0 aliphatic heterocycles. The minimum Gasteiger partial charge on any atom is -0.388 e. The van der Waals surface area contributed by atoms with Gasteiger partial charge in [-0.25, -0.2) is 0 Å². The number of hydrogen-bond donors (Lipinski definition) is 1. The molecular formula is C11H10N. The monoisotopic (exact) mass is 156 g/mol. The van der Waals surface area contributed by atoms with Crippen LogP contribution in [0.1, 0.15) is 0 Å². The van der Waals surface area contributed by atoms with E-state index in [4.69, 9.17) is 0 Å².